The monoisotopic (exact) mass is 689 g/mol. The summed E-state index contributed by atoms with van der Waals surface area (Å²) in [5.74, 6) is 0. The summed E-state index contributed by atoms with van der Waals surface area (Å²) in [4.78, 5) is 10.1. The standard InChI is InChI=1S/C22H16NOS.C11H8N.Ir/c1-12-9-19(23-11-13(12)2)18-6-4-5-16-17-8-7-15-10-14(3)25-22(15)21(17)24-20(16)18;1-2-6-10(7-3-1)11-8-4-5-9-12-11;/h4-5,7-11H,1-3H3;1-6,8-9H;/q2*-1;. The molecule has 3 nitrogen and oxygen atoms in total. The molecular weight excluding hydrogens is 665 g/mol. The molecule has 7 rings (SSSR count). The van der Waals surface area contributed by atoms with Crippen molar-refractivity contribution in [2.24, 2.45) is 0 Å². The number of aromatic nitrogens is 2. The van der Waals surface area contributed by atoms with Crippen molar-refractivity contribution in [1.29, 1.82) is 0 Å². The molecule has 0 saturated heterocycles. The molecule has 0 fully saturated rings. The van der Waals surface area contributed by atoms with Crippen molar-refractivity contribution in [2.75, 3.05) is 0 Å². The summed E-state index contributed by atoms with van der Waals surface area (Å²) in [6, 6.07) is 32.9. The Kier molecular flexibility index (Phi) is 7.53. The summed E-state index contributed by atoms with van der Waals surface area (Å²) >= 11 is 1.78. The van der Waals surface area contributed by atoms with Crippen LogP contribution in [0.5, 0.6) is 0 Å². The van der Waals surface area contributed by atoms with Crippen LogP contribution in [0.3, 0.4) is 0 Å². The molecule has 0 atom stereocenters. The molecule has 0 aliphatic heterocycles. The molecule has 0 unspecified atom stereocenters. The van der Waals surface area contributed by atoms with Gasteiger partial charge >= 0.3 is 0 Å². The first-order valence-corrected chi connectivity index (χ1v) is 13.0. The number of pyridine rings is 2. The van der Waals surface area contributed by atoms with Gasteiger partial charge in [-0.15, -0.1) is 65.4 Å². The second-order valence-electron chi connectivity index (χ2n) is 9.06. The zero-order chi connectivity index (χ0) is 25.4. The van der Waals surface area contributed by atoms with Gasteiger partial charge < -0.3 is 14.4 Å². The number of benzene rings is 3. The first-order chi connectivity index (χ1) is 18.1. The average Bonchev–Trinajstić information content (AvgIpc) is 3.51. The number of hydrogen-bond donors (Lipinski definition) is 0. The molecule has 0 aliphatic rings. The first-order valence-electron chi connectivity index (χ1n) is 12.2. The third-order valence-electron chi connectivity index (χ3n) is 6.49. The number of hydrogen-bond acceptors (Lipinski definition) is 4. The molecule has 0 aliphatic carbocycles. The Balaban J connectivity index is 0.000000191. The Bertz CT molecular complexity index is 1820. The Hall–Kier alpha value is -3.63. The molecule has 0 saturated carbocycles. The number of nitrogens with zero attached hydrogens (tertiary/aromatic N) is 2. The smallest absolute Gasteiger partial charge is 0.138 e. The van der Waals surface area contributed by atoms with Gasteiger partial charge in [-0.05, 0) is 55.2 Å². The zero-order valence-electron chi connectivity index (χ0n) is 21.2. The van der Waals surface area contributed by atoms with Gasteiger partial charge in [-0.2, -0.15) is 0 Å². The van der Waals surface area contributed by atoms with Crippen molar-refractivity contribution in [3.8, 4) is 22.5 Å². The third-order valence-corrected chi connectivity index (χ3v) is 7.55. The van der Waals surface area contributed by atoms with Crippen molar-refractivity contribution in [1.82, 2.24) is 9.97 Å². The van der Waals surface area contributed by atoms with E-state index in [1.54, 1.807) is 17.5 Å². The molecule has 5 heteroatoms. The van der Waals surface area contributed by atoms with E-state index >= 15 is 0 Å². The maximum absolute atomic E-state index is 6.37. The third kappa shape index (κ3) is 4.93. The number of thiophene rings is 1. The van der Waals surface area contributed by atoms with E-state index in [1.807, 2.05) is 54.7 Å². The molecule has 1 radical (unpaired) electrons. The number of aryl methyl sites for hydroxylation is 3. The molecular formula is C33H24IrN2OS-2. The van der Waals surface area contributed by atoms with Crippen molar-refractivity contribution in [3.63, 3.8) is 0 Å². The van der Waals surface area contributed by atoms with E-state index < -0.39 is 0 Å². The maximum Gasteiger partial charge on any atom is 0.138 e. The van der Waals surface area contributed by atoms with Gasteiger partial charge in [-0.25, -0.2) is 0 Å². The van der Waals surface area contributed by atoms with E-state index in [4.69, 9.17) is 4.42 Å². The van der Waals surface area contributed by atoms with Crippen LogP contribution < -0.4 is 0 Å². The second-order valence-corrected chi connectivity index (χ2v) is 10.3. The van der Waals surface area contributed by atoms with Crippen molar-refractivity contribution < 1.29 is 24.5 Å². The van der Waals surface area contributed by atoms with Crippen LogP contribution in [0.2, 0.25) is 0 Å². The van der Waals surface area contributed by atoms with Gasteiger partial charge in [0.15, 0.2) is 0 Å². The van der Waals surface area contributed by atoms with Crippen LogP contribution in [0.15, 0.2) is 95.7 Å². The van der Waals surface area contributed by atoms with E-state index in [0.29, 0.717) is 0 Å². The maximum atomic E-state index is 6.37. The van der Waals surface area contributed by atoms with Crippen LogP contribution in [0.4, 0.5) is 0 Å². The van der Waals surface area contributed by atoms with Gasteiger partial charge in [0, 0.05) is 42.8 Å². The fraction of sp³-hybridized carbons (Fsp3) is 0.0909. The van der Waals surface area contributed by atoms with Crippen molar-refractivity contribution in [2.45, 2.75) is 20.8 Å². The molecule has 38 heavy (non-hydrogen) atoms. The van der Waals surface area contributed by atoms with Gasteiger partial charge in [0.2, 0.25) is 0 Å². The largest absolute Gasteiger partial charge is 0.499 e. The van der Waals surface area contributed by atoms with Gasteiger partial charge in [-0.1, -0.05) is 46.8 Å². The van der Waals surface area contributed by atoms with Crippen LogP contribution in [-0.2, 0) is 20.1 Å². The molecule has 0 amide bonds. The average molecular weight is 689 g/mol. The fourth-order valence-corrected chi connectivity index (χ4v) is 5.45. The van der Waals surface area contributed by atoms with Crippen LogP contribution in [0.1, 0.15) is 16.0 Å². The minimum atomic E-state index is 0. The summed E-state index contributed by atoms with van der Waals surface area (Å²) in [5, 5.41) is 3.52. The molecule has 189 valence electrons. The van der Waals surface area contributed by atoms with E-state index in [1.165, 1.54) is 26.1 Å². The molecule has 3 aromatic carbocycles. The Morgan fingerprint density at radius 2 is 1.58 bits per heavy atom. The predicted molar refractivity (Wildman–Crippen MR) is 154 cm³/mol. The van der Waals surface area contributed by atoms with Gasteiger partial charge in [0.1, 0.15) is 5.58 Å². The SMILES string of the molecule is Cc1cc2ccc3c4cc[c-]c(-c5cc(C)c(C)cn5)c4oc3c2s1.[Ir].[c-]1ccccc1-c1ccccn1. The van der Waals surface area contributed by atoms with Gasteiger partial charge in [-0.3, -0.25) is 0 Å². The molecule has 0 spiro atoms. The van der Waals surface area contributed by atoms with E-state index in [0.717, 1.165) is 44.5 Å². The molecule has 4 heterocycles. The second kappa shape index (κ2) is 11.0. The van der Waals surface area contributed by atoms with E-state index in [2.05, 4.69) is 73.2 Å². The normalized spacial score (nSPS) is 10.8. The van der Waals surface area contributed by atoms with Crippen LogP contribution in [0, 0.1) is 32.9 Å². The number of rotatable bonds is 2. The van der Waals surface area contributed by atoms with Gasteiger partial charge in [0.05, 0.1) is 10.3 Å². The summed E-state index contributed by atoms with van der Waals surface area (Å²) in [7, 11) is 0. The molecule has 4 aromatic heterocycles. The molecule has 0 bridgehead atoms. The van der Waals surface area contributed by atoms with Gasteiger partial charge in [0.25, 0.3) is 0 Å². The first kappa shape index (κ1) is 26.0. The molecule has 0 N–H and O–H groups in total. The zero-order valence-corrected chi connectivity index (χ0v) is 24.4. The topological polar surface area (TPSA) is 38.9 Å². The Labute approximate surface area is 239 Å². The molecule has 7 aromatic rings. The quantitative estimate of drug-likeness (QED) is 0.170. The minimum absolute atomic E-state index is 0. The van der Waals surface area contributed by atoms with Crippen LogP contribution >= 0.6 is 11.3 Å². The summed E-state index contributed by atoms with van der Waals surface area (Å²) in [6.07, 6.45) is 3.71. The number of fused-ring (bicyclic) bond motifs is 5. The summed E-state index contributed by atoms with van der Waals surface area (Å²) < 4.78 is 7.59. The predicted octanol–water partition coefficient (Wildman–Crippen LogP) is 9.13. The summed E-state index contributed by atoms with van der Waals surface area (Å²) in [5.41, 5.74) is 8.10. The van der Waals surface area contributed by atoms with Crippen LogP contribution in [-0.4, -0.2) is 9.97 Å². The minimum Gasteiger partial charge on any atom is -0.499 e. The number of furan rings is 1. The summed E-state index contributed by atoms with van der Waals surface area (Å²) in [6.45, 7) is 6.32. The van der Waals surface area contributed by atoms with Crippen LogP contribution in [0.25, 0.3) is 54.5 Å². The van der Waals surface area contributed by atoms with Crippen molar-refractivity contribution in [3.05, 3.63) is 119 Å². The van der Waals surface area contributed by atoms with Crippen molar-refractivity contribution >= 4 is 43.4 Å². The van der Waals surface area contributed by atoms with E-state index in [-0.39, 0.29) is 20.1 Å². The Morgan fingerprint density at radius 1 is 0.737 bits per heavy atom. The Morgan fingerprint density at radius 3 is 2.34 bits per heavy atom. The van der Waals surface area contributed by atoms with E-state index in [9.17, 15) is 0 Å². The fourth-order valence-electron chi connectivity index (χ4n) is 4.45.